The molecule has 0 saturated carbocycles. The second-order valence-corrected chi connectivity index (χ2v) is 8.24. The van der Waals surface area contributed by atoms with E-state index in [2.05, 4.69) is 10.3 Å². The van der Waals surface area contributed by atoms with Crippen molar-refractivity contribution >= 4 is 45.1 Å². The number of amides is 1. The van der Waals surface area contributed by atoms with Crippen LogP contribution in [0, 0.1) is 0 Å². The Labute approximate surface area is 193 Å². The fourth-order valence-electron chi connectivity index (χ4n) is 3.30. The van der Waals surface area contributed by atoms with Gasteiger partial charge in [0.25, 0.3) is 5.91 Å². The van der Waals surface area contributed by atoms with Gasteiger partial charge in [-0.3, -0.25) is 4.79 Å². The number of aromatic nitrogens is 1. The lowest BCUT2D eigenvalue weighted by atomic mass is 10.1. The molecule has 8 heteroatoms. The van der Waals surface area contributed by atoms with Crippen LogP contribution in [0.3, 0.4) is 0 Å². The fourth-order valence-corrected chi connectivity index (χ4v) is 4.31. The molecule has 33 heavy (non-hydrogen) atoms. The maximum absolute atomic E-state index is 13.0. The summed E-state index contributed by atoms with van der Waals surface area (Å²) in [6.45, 7) is 1.73. The molecule has 2 N–H and O–H groups in total. The van der Waals surface area contributed by atoms with Gasteiger partial charge in [0.05, 0.1) is 21.3 Å². The first-order valence-corrected chi connectivity index (χ1v) is 11.1. The zero-order valence-electron chi connectivity index (χ0n) is 17.6. The number of carbonyl (C=O) groups is 3. The number of esters is 1. The minimum atomic E-state index is -1.10. The molecule has 0 radical (unpaired) electrons. The molecular weight excluding hydrogens is 440 g/mol. The molecule has 0 fully saturated rings. The second kappa shape index (κ2) is 9.62. The smallest absolute Gasteiger partial charge is 0.339 e. The monoisotopic (exact) mass is 460 g/mol. The summed E-state index contributed by atoms with van der Waals surface area (Å²) >= 11 is 1.47. The number of carbonyl (C=O) groups excluding carboxylic acids is 2. The van der Waals surface area contributed by atoms with Crippen LogP contribution in [-0.4, -0.2) is 34.0 Å². The van der Waals surface area contributed by atoms with Gasteiger partial charge < -0.3 is 15.2 Å². The minimum Gasteiger partial charge on any atom is -0.478 e. The molecule has 1 unspecified atom stereocenters. The number of rotatable bonds is 7. The van der Waals surface area contributed by atoms with Crippen LogP contribution in [0.5, 0.6) is 0 Å². The average Bonchev–Trinajstić information content (AvgIpc) is 3.26. The molecule has 1 atom stereocenters. The highest BCUT2D eigenvalue weighted by molar-refractivity contribution is 7.21. The summed E-state index contributed by atoms with van der Waals surface area (Å²) in [6, 6.07) is 20.6. The predicted molar refractivity (Wildman–Crippen MR) is 127 cm³/mol. The molecule has 1 amide bonds. The van der Waals surface area contributed by atoms with Crippen LogP contribution in [-0.2, 0) is 9.53 Å². The van der Waals surface area contributed by atoms with E-state index in [-0.39, 0.29) is 12.0 Å². The van der Waals surface area contributed by atoms with E-state index >= 15 is 0 Å². The topological polar surface area (TPSA) is 106 Å². The number of para-hydroxylation sites is 1. The molecule has 166 valence electrons. The average molecular weight is 461 g/mol. The fraction of sp³-hybridized carbons (Fsp3) is 0.120. The van der Waals surface area contributed by atoms with E-state index in [0.717, 1.165) is 10.2 Å². The molecule has 7 nitrogen and oxygen atoms in total. The first-order valence-electron chi connectivity index (χ1n) is 10.3. The van der Waals surface area contributed by atoms with Crippen molar-refractivity contribution in [3.63, 3.8) is 0 Å². The third-order valence-corrected chi connectivity index (χ3v) is 6.03. The summed E-state index contributed by atoms with van der Waals surface area (Å²) < 4.78 is 6.55. The lowest BCUT2D eigenvalue weighted by Crippen LogP contribution is -2.32. The van der Waals surface area contributed by atoms with Gasteiger partial charge in [0.1, 0.15) is 5.01 Å². The Bertz CT molecular complexity index is 1310. The highest BCUT2D eigenvalue weighted by atomic mass is 32.1. The molecule has 0 saturated heterocycles. The summed E-state index contributed by atoms with van der Waals surface area (Å²) in [6.07, 6.45) is -0.797. The van der Waals surface area contributed by atoms with Crippen molar-refractivity contribution in [3.05, 3.63) is 83.9 Å². The van der Waals surface area contributed by atoms with E-state index in [4.69, 9.17) is 9.84 Å². The zero-order chi connectivity index (χ0) is 23.4. The maximum atomic E-state index is 13.0. The number of carboxylic acids is 1. The van der Waals surface area contributed by atoms with Gasteiger partial charge in [-0.05, 0) is 42.8 Å². The van der Waals surface area contributed by atoms with Crippen LogP contribution < -0.4 is 5.32 Å². The number of fused-ring (bicyclic) bond motifs is 1. The molecule has 1 aromatic heterocycles. The molecule has 4 aromatic rings. The Morgan fingerprint density at radius 2 is 1.79 bits per heavy atom. The molecule has 0 aliphatic heterocycles. The van der Waals surface area contributed by atoms with Gasteiger partial charge in [-0.1, -0.05) is 43.3 Å². The summed E-state index contributed by atoms with van der Waals surface area (Å²) in [5, 5.41) is 12.4. The van der Waals surface area contributed by atoms with Crippen molar-refractivity contribution in [2.45, 2.75) is 19.4 Å². The van der Waals surface area contributed by atoms with E-state index in [9.17, 15) is 14.4 Å². The van der Waals surface area contributed by atoms with Crippen molar-refractivity contribution in [1.82, 2.24) is 4.98 Å². The Hall–Kier alpha value is -4.04. The molecular formula is C25H20N2O5S. The highest BCUT2D eigenvalue weighted by Gasteiger charge is 2.24. The lowest BCUT2D eigenvalue weighted by molar-refractivity contribution is -0.124. The summed E-state index contributed by atoms with van der Waals surface area (Å²) in [5.74, 6) is -2.27. The second-order valence-electron chi connectivity index (χ2n) is 7.21. The number of carboxylic acid groups (broad SMARTS) is 1. The number of thiazole rings is 1. The van der Waals surface area contributed by atoms with Crippen molar-refractivity contribution in [3.8, 4) is 10.6 Å². The Morgan fingerprint density at radius 1 is 1.03 bits per heavy atom. The summed E-state index contributed by atoms with van der Waals surface area (Å²) in [5.41, 5.74) is 2.14. The van der Waals surface area contributed by atoms with Crippen molar-refractivity contribution < 1.29 is 24.2 Å². The normalized spacial score (nSPS) is 11.7. The first kappa shape index (κ1) is 22.2. The van der Waals surface area contributed by atoms with Crippen molar-refractivity contribution in [1.29, 1.82) is 0 Å². The first-order chi connectivity index (χ1) is 16.0. The molecule has 0 aliphatic carbocycles. The van der Waals surface area contributed by atoms with Crippen LogP contribution in [0.15, 0.2) is 72.8 Å². The molecule has 3 aromatic carbocycles. The quantitative estimate of drug-likeness (QED) is 0.366. The Balaban J connectivity index is 1.54. The Morgan fingerprint density at radius 3 is 2.55 bits per heavy atom. The standard InChI is InChI=1S/C25H20N2O5S/c1-2-20(22(28)26-16-9-7-8-15(14-16)24(29)30)32-25(31)18-11-4-3-10-17(18)23-27-19-12-5-6-13-21(19)33-23/h3-14,20H,2H2,1H3,(H,26,28)(H,29,30). The number of hydrogen-bond donors (Lipinski definition) is 2. The predicted octanol–water partition coefficient (Wildman–Crippen LogP) is 5.24. The van der Waals surface area contributed by atoms with Gasteiger partial charge in [-0.15, -0.1) is 11.3 Å². The number of anilines is 1. The van der Waals surface area contributed by atoms with Gasteiger partial charge >= 0.3 is 11.9 Å². The largest absolute Gasteiger partial charge is 0.478 e. The third kappa shape index (κ3) is 4.91. The van der Waals surface area contributed by atoms with Gasteiger partial charge in [0.2, 0.25) is 0 Å². The molecule has 0 aliphatic rings. The molecule has 4 rings (SSSR count). The van der Waals surface area contributed by atoms with Gasteiger partial charge in [-0.25, -0.2) is 14.6 Å². The number of aromatic carboxylic acids is 1. The SMILES string of the molecule is CCC(OC(=O)c1ccccc1-c1nc2ccccc2s1)C(=O)Nc1cccc(C(=O)O)c1. The number of benzene rings is 3. The molecule has 0 spiro atoms. The van der Waals surface area contributed by atoms with Crippen LogP contribution >= 0.6 is 11.3 Å². The molecule has 1 heterocycles. The van der Waals surface area contributed by atoms with E-state index in [1.54, 1.807) is 31.2 Å². The molecule has 0 bridgehead atoms. The van der Waals surface area contributed by atoms with E-state index < -0.39 is 23.9 Å². The summed E-state index contributed by atoms with van der Waals surface area (Å²) in [4.78, 5) is 41.5. The van der Waals surface area contributed by atoms with E-state index in [1.165, 1.54) is 29.5 Å². The van der Waals surface area contributed by atoms with Crippen LogP contribution in [0.25, 0.3) is 20.8 Å². The number of ether oxygens (including phenoxy) is 1. The number of hydrogen-bond acceptors (Lipinski definition) is 6. The number of nitrogens with one attached hydrogen (secondary N) is 1. The van der Waals surface area contributed by atoms with Crippen LogP contribution in [0.4, 0.5) is 5.69 Å². The van der Waals surface area contributed by atoms with Crippen LogP contribution in [0.1, 0.15) is 34.1 Å². The van der Waals surface area contributed by atoms with E-state index in [0.29, 0.717) is 21.8 Å². The van der Waals surface area contributed by atoms with Crippen molar-refractivity contribution in [2.24, 2.45) is 0 Å². The van der Waals surface area contributed by atoms with Gasteiger partial charge in [0.15, 0.2) is 6.10 Å². The Kier molecular flexibility index (Phi) is 6.46. The van der Waals surface area contributed by atoms with E-state index in [1.807, 2.05) is 30.3 Å². The maximum Gasteiger partial charge on any atom is 0.339 e. The minimum absolute atomic E-state index is 0.0441. The zero-order valence-corrected chi connectivity index (χ0v) is 18.5. The summed E-state index contributed by atoms with van der Waals surface area (Å²) in [7, 11) is 0. The number of nitrogens with zero attached hydrogens (tertiary/aromatic N) is 1. The third-order valence-electron chi connectivity index (χ3n) is 4.96. The van der Waals surface area contributed by atoms with Gasteiger partial charge in [-0.2, -0.15) is 0 Å². The highest BCUT2D eigenvalue weighted by Crippen LogP contribution is 2.32. The van der Waals surface area contributed by atoms with Gasteiger partial charge in [0, 0.05) is 11.3 Å². The van der Waals surface area contributed by atoms with Crippen molar-refractivity contribution in [2.75, 3.05) is 5.32 Å². The lowest BCUT2D eigenvalue weighted by Gasteiger charge is -2.17. The van der Waals surface area contributed by atoms with Crippen LogP contribution in [0.2, 0.25) is 0 Å².